The third kappa shape index (κ3) is 49.4. The van der Waals surface area contributed by atoms with E-state index in [4.69, 9.17) is 63.3 Å². The standard InChI is InChI=1S/C11H19ClO5.C11H20O5S.C6H9ClO3.C3H4O2.2Na.H2O.H2S.H/c1-7(10(14)15)3-4-8(2)11(16)17-6-9(13)5-12;1-7(10(13)14)3-4-8(2)11(15)16-5-9(12)6-17;1-2-6(9)10-4-5(8)3-7;1-2-3(4)5;;;;;/h7-9,13H,3-6H2,1-2H3,(H,14,15);7-9,12,17H,3-6H2,1-2H3,(H,13,14);2,5,8H,1,3-4H2;2H,1H2,(H,4,5);;;2*1H2;/q;;;;2*+1;;;-1/p-1. The summed E-state index contributed by atoms with van der Waals surface area (Å²) in [4.78, 5) is 63.6. The molecule has 0 aromatic rings. The number of carboxylic acids is 3. The van der Waals surface area contributed by atoms with Crippen molar-refractivity contribution >= 4 is 85.1 Å². The van der Waals surface area contributed by atoms with Gasteiger partial charge < -0.3 is 51.8 Å². The first-order valence-electron chi connectivity index (χ1n) is 14.9. The van der Waals surface area contributed by atoms with Crippen LogP contribution in [0.25, 0.3) is 0 Å². The van der Waals surface area contributed by atoms with Crippen molar-refractivity contribution in [3.8, 4) is 0 Å². The quantitative estimate of drug-likeness (QED) is 0.0150. The van der Waals surface area contributed by atoms with Gasteiger partial charge in [-0.3, -0.25) is 19.2 Å². The predicted octanol–water partition coefficient (Wildman–Crippen LogP) is -3.15. The zero-order chi connectivity index (χ0) is 39.1. The molecule has 0 heterocycles. The number of hydrogen-bond acceptors (Lipinski definition) is 14. The van der Waals surface area contributed by atoms with Crippen LogP contribution in [0.1, 0.15) is 54.8 Å². The van der Waals surface area contributed by atoms with Crippen molar-refractivity contribution in [1.29, 1.82) is 0 Å². The minimum atomic E-state index is -0.981. The van der Waals surface area contributed by atoms with E-state index in [1.165, 1.54) is 0 Å². The van der Waals surface area contributed by atoms with Crippen LogP contribution in [0.5, 0.6) is 0 Å². The van der Waals surface area contributed by atoms with Gasteiger partial charge in [0.25, 0.3) is 0 Å². The summed E-state index contributed by atoms with van der Waals surface area (Å²) >= 11 is 14.4. The van der Waals surface area contributed by atoms with E-state index < -0.39 is 66.0 Å². The molecule has 7 unspecified atom stereocenters. The number of aliphatic hydroxyl groups is 3. The number of carbonyl (C=O) groups excluding carboxylic acids is 3. The second-order valence-electron chi connectivity index (χ2n) is 10.5. The van der Waals surface area contributed by atoms with Crippen LogP contribution in [-0.4, -0.2) is 128 Å². The van der Waals surface area contributed by atoms with Crippen LogP contribution in [0, 0.1) is 23.7 Å². The number of carbonyl (C=O) groups is 6. The molecule has 7 atom stereocenters. The van der Waals surface area contributed by atoms with Gasteiger partial charge in [-0.25, -0.2) is 9.59 Å². The Balaban J connectivity index is -0.0000000740. The van der Waals surface area contributed by atoms with Crippen LogP contribution < -0.4 is 59.1 Å². The molecule has 0 aliphatic heterocycles. The molecule has 0 saturated heterocycles. The molecule has 22 heteroatoms. The Morgan fingerprint density at radius 3 is 1.17 bits per heavy atom. The van der Waals surface area contributed by atoms with Crippen LogP contribution in [-0.2, 0) is 43.0 Å². The van der Waals surface area contributed by atoms with Gasteiger partial charge >= 0.3 is 94.9 Å². The van der Waals surface area contributed by atoms with Crippen molar-refractivity contribution in [1.82, 2.24) is 0 Å². The number of halogens is 2. The number of thiol groups is 1. The summed E-state index contributed by atoms with van der Waals surface area (Å²) in [7, 11) is 0. The van der Waals surface area contributed by atoms with Crippen LogP contribution in [0.3, 0.4) is 0 Å². The fourth-order valence-corrected chi connectivity index (χ4v) is 2.79. The van der Waals surface area contributed by atoms with Crippen LogP contribution in [0.4, 0.5) is 0 Å². The monoisotopic (exact) mass is 864 g/mol. The molecule has 0 aliphatic rings. The molecule has 0 aliphatic carbocycles. The molecule has 0 amide bonds. The van der Waals surface area contributed by atoms with Crippen molar-refractivity contribution < 1.29 is 140 Å². The summed E-state index contributed by atoms with van der Waals surface area (Å²) < 4.78 is 14.1. The number of hydrogen-bond donors (Lipinski definition) is 7. The van der Waals surface area contributed by atoms with Crippen LogP contribution in [0.15, 0.2) is 25.3 Å². The Bertz CT molecular complexity index is 957. The fraction of sp³-hybridized carbons (Fsp3) is 0.677. The van der Waals surface area contributed by atoms with Crippen molar-refractivity contribution in [2.24, 2.45) is 23.7 Å². The first-order chi connectivity index (χ1) is 22.7. The Labute approximate surface area is 379 Å². The molecular weight excluding hydrogens is 809 g/mol. The minimum Gasteiger partial charge on any atom is -1.00 e. The predicted molar refractivity (Wildman–Crippen MR) is 198 cm³/mol. The summed E-state index contributed by atoms with van der Waals surface area (Å²) in [6, 6.07) is 0. The summed E-state index contributed by atoms with van der Waals surface area (Å²) in [5.41, 5.74) is 0. The maximum atomic E-state index is 11.4. The molecule has 0 rings (SSSR count). The average molecular weight is 866 g/mol. The number of aliphatic carboxylic acids is 3. The molecular formula is C31H56Cl2Na2O16S2. The Hall–Kier alpha value is -0.580. The van der Waals surface area contributed by atoms with Crippen molar-refractivity contribution in [3.63, 3.8) is 0 Å². The second-order valence-corrected chi connectivity index (χ2v) is 11.5. The number of carboxylic acid groups (broad SMARTS) is 3. The topological polar surface area (TPSA) is 281 Å². The molecule has 7 N–H and O–H groups in total. The number of alkyl halides is 2. The molecule has 0 aromatic heterocycles. The number of esters is 3. The summed E-state index contributed by atoms with van der Waals surface area (Å²) in [5, 5.41) is 52.0. The van der Waals surface area contributed by atoms with Gasteiger partial charge in [0.15, 0.2) is 0 Å². The smallest absolute Gasteiger partial charge is 1.00 e. The molecule has 0 aromatic carbocycles. The first-order valence-corrected chi connectivity index (χ1v) is 16.6. The Morgan fingerprint density at radius 1 is 0.642 bits per heavy atom. The zero-order valence-corrected chi connectivity index (χ0v) is 38.6. The van der Waals surface area contributed by atoms with Crippen molar-refractivity contribution in [3.05, 3.63) is 25.3 Å². The molecule has 53 heavy (non-hydrogen) atoms. The maximum absolute atomic E-state index is 11.4. The number of aliphatic hydroxyl groups excluding tert-OH is 3. The third-order valence-corrected chi connectivity index (χ3v) is 7.01. The zero-order valence-electron chi connectivity index (χ0n) is 32.2. The first kappa shape index (κ1) is 70.2. The summed E-state index contributed by atoms with van der Waals surface area (Å²) in [6.07, 6.45) is 1.22. The molecule has 304 valence electrons. The van der Waals surface area contributed by atoms with Gasteiger partial charge in [-0.05, 0) is 25.7 Å². The van der Waals surface area contributed by atoms with E-state index in [0.29, 0.717) is 25.7 Å². The average Bonchev–Trinajstić information content (AvgIpc) is 3.08. The largest absolute Gasteiger partial charge is 1.00 e. The molecule has 16 nitrogen and oxygen atoms in total. The van der Waals surface area contributed by atoms with Crippen molar-refractivity contribution in [2.45, 2.75) is 71.7 Å². The van der Waals surface area contributed by atoms with E-state index in [-0.39, 0.29) is 129 Å². The molecule has 0 radical (unpaired) electrons. The van der Waals surface area contributed by atoms with Crippen LogP contribution >= 0.6 is 49.3 Å². The normalized spacial score (nSPS) is 13.2. The summed E-state index contributed by atoms with van der Waals surface area (Å²) in [5.74, 6) is -5.49. The fourth-order valence-electron chi connectivity index (χ4n) is 2.50. The third-order valence-electron chi connectivity index (χ3n) is 5.88. The van der Waals surface area contributed by atoms with Gasteiger partial charge in [-0.15, -0.1) is 23.2 Å². The van der Waals surface area contributed by atoms with Gasteiger partial charge in [0.2, 0.25) is 0 Å². The van der Waals surface area contributed by atoms with Gasteiger partial charge in [0.1, 0.15) is 32.0 Å². The van der Waals surface area contributed by atoms with Gasteiger partial charge in [0.05, 0.1) is 41.5 Å². The van der Waals surface area contributed by atoms with Crippen LogP contribution in [0.2, 0.25) is 0 Å². The Kier molecular flexibility index (Phi) is 60.7. The van der Waals surface area contributed by atoms with Gasteiger partial charge in [0, 0.05) is 17.9 Å². The second kappa shape index (κ2) is 45.8. The van der Waals surface area contributed by atoms with E-state index in [9.17, 15) is 28.8 Å². The maximum Gasteiger partial charge on any atom is 1.00 e. The molecule has 0 bridgehead atoms. The Morgan fingerprint density at radius 2 is 0.925 bits per heavy atom. The number of ether oxygens (including phenoxy) is 3. The minimum absolute atomic E-state index is 0. The van der Waals surface area contributed by atoms with Crippen molar-refractivity contribution in [2.75, 3.05) is 37.3 Å². The number of rotatable bonds is 21. The van der Waals surface area contributed by atoms with E-state index >= 15 is 0 Å². The van der Waals surface area contributed by atoms with E-state index in [2.05, 4.69) is 30.5 Å². The SMILES string of the molecule is C=CC(=O)O.C=CC(=O)OCC(O)CCl.CC(CCC(C)C(=O)OCC(O)CCl)C(=O)O.CC(CCC(C)C(=O)OCC(O)CS)C(=O)O.S.[H-].[Na+].[Na+].[OH-]. The van der Waals surface area contributed by atoms with Gasteiger partial charge in [-0.1, -0.05) is 40.9 Å². The summed E-state index contributed by atoms with van der Waals surface area (Å²) in [6.45, 7) is 12.4. The van der Waals surface area contributed by atoms with E-state index in [1.54, 1.807) is 27.7 Å². The van der Waals surface area contributed by atoms with E-state index in [0.717, 1.165) is 12.2 Å². The van der Waals surface area contributed by atoms with E-state index in [1.807, 2.05) is 0 Å². The molecule has 0 spiro atoms. The van der Waals surface area contributed by atoms with Gasteiger partial charge in [-0.2, -0.15) is 26.1 Å². The molecule has 0 fully saturated rings. The molecule has 0 saturated carbocycles.